The summed E-state index contributed by atoms with van der Waals surface area (Å²) < 4.78 is 1.13. The van der Waals surface area contributed by atoms with Gasteiger partial charge >= 0.3 is 0 Å². The van der Waals surface area contributed by atoms with E-state index in [0.717, 1.165) is 28.0 Å². The number of nitrogens with one attached hydrogen (secondary N) is 1. The maximum Gasteiger partial charge on any atom is 0.131 e. The molecule has 3 aromatic heterocycles. The Labute approximate surface area is 136 Å². The van der Waals surface area contributed by atoms with Crippen LogP contribution < -0.4 is 11.1 Å². The van der Waals surface area contributed by atoms with Gasteiger partial charge in [-0.15, -0.1) is 22.7 Å². The van der Waals surface area contributed by atoms with Crippen molar-refractivity contribution >= 4 is 50.2 Å². The SMILES string of the molecule is Cc1c([C@H](C)N)sc2c(NCc3cccs3)cc(Cl)nc12. The highest BCUT2D eigenvalue weighted by Crippen LogP contribution is 2.38. The number of anilines is 1. The van der Waals surface area contributed by atoms with Crippen LogP contribution in [0.1, 0.15) is 28.3 Å². The number of thiophene rings is 2. The number of hydrogen-bond donors (Lipinski definition) is 2. The van der Waals surface area contributed by atoms with Crippen LogP contribution in [0.5, 0.6) is 0 Å². The molecule has 0 aliphatic rings. The molecule has 0 aromatic carbocycles. The molecular weight excluding hydrogens is 322 g/mol. The molecule has 21 heavy (non-hydrogen) atoms. The third kappa shape index (κ3) is 2.92. The van der Waals surface area contributed by atoms with Gasteiger partial charge in [-0.25, -0.2) is 4.98 Å². The van der Waals surface area contributed by atoms with Gasteiger partial charge in [0.2, 0.25) is 0 Å². The van der Waals surface area contributed by atoms with Crippen LogP contribution in [0.15, 0.2) is 23.6 Å². The number of aryl methyl sites for hydroxylation is 1. The number of pyridine rings is 1. The maximum absolute atomic E-state index is 6.17. The first-order chi connectivity index (χ1) is 10.1. The Morgan fingerprint density at radius 3 is 2.95 bits per heavy atom. The van der Waals surface area contributed by atoms with Crippen molar-refractivity contribution in [3.05, 3.63) is 44.1 Å². The Kier molecular flexibility index (Phi) is 4.17. The zero-order chi connectivity index (χ0) is 15.0. The fourth-order valence-corrected chi connectivity index (χ4v) is 4.35. The van der Waals surface area contributed by atoms with Crippen LogP contribution >= 0.6 is 34.3 Å². The number of nitrogens with zero attached hydrogens (tertiary/aromatic N) is 1. The van der Waals surface area contributed by atoms with Gasteiger partial charge in [-0.2, -0.15) is 0 Å². The van der Waals surface area contributed by atoms with Crippen molar-refractivity contribution < 1.29 is 0 Å². The van der Waals surface area contributed by atoms with Crippen LogP contribution in [-0.2, 0) is 6.54 Å². The lowest BCUT2D eigenvalue weighted by atomic mass is 10.1. The average molecular weight is 338 g/mol. The van der Waals surface area contributed by atoms with Gasteiger partial charge in [0.1, 0.15) is 5.15 Å². The third-order valence-electron chi connectivity index (χ3n) is 3.33. The summed E-state index contributed by atoms with van der Waals surface area (Å²) in [5.74, 6) is 0. The zero-order valence-electron chi connectivity index (χ0n) is 11.8. The van der Waals surface area contributed by atoms with Gasteiger partial charge < -0.3 is 11.1 Å². The molecule has 6 heteroatoms. The lowest BCUT2D eigenvalue weighted by Crippen LogP contribution is -2.03. The summed E-state index contributed by atoms with van der Waals surface area (Å²) >= 11 is 9.61. The lowest BCUT2D eigenvalue weighted by Gasteiger charge is -2.06. The second-order valence-electron chi connectivity index (χ2n) is 4.98. The van der Waals surface area contributed by atoms with E-state index in [4.69, 9.17) is 17.3 Å². The van der Waals surface area contributed by atoms with Crippen LogP contribution in [0.2, 0.25) is 5.15 Å². The van der Waals surface area contributed by atoms with Crippen molar-refractivity contribution in [2.75, 3.05) is 5.32 Å². The van der Waals surface area contributed by atoms with Crippen molar-refractivity contribution in [1.82, 2.24) is 4.98 Å². The first-order valence-electron chi connectivity index (χ1n) is 6.67. The van der Waals surface area contributed by atoms with Crippen LogP contribution in [-0.4, -0.2) is 4.98 Å². The van der Waals surface area contributed by atoms with Gasteiger partial charge in [-0.3, -0.25) is 0 Å². The molecule has 3 nitrogen and oxygen atoms in total. The molecule has 0 aliphatic heterocycles. The van der Waals surface area contributed by atoms with E-state index in [1.165, 1.54) is 9.75 Å². The standard InChI is InChI=1S/C15H16ClN3S2/c1-8-13-15(21-14(8)9(2)17)11(6-12(16)19-13)18-7-10-4-3-5-20-10/h3-6,9H,7,17H2,1-2H3,(H,18,19)/t9-/m0/s1. The summed E-state index contributed by atoms with van der Waals surface area (Å²) in [6.45, 7) is 4.85. The molecule has 3 heterocycles. The second-order valence-corrected chi connectivity index (χ2v) is 7.45. The number of halogens is 1. The maximum atomic E-state index is 6.17. The van der Waals surface area contributed by atoms with E-state index >= 15 is 0 Å². The molecule has 0 amide bonds. The van der Waals surface area contributed by atoms with Crippen LogP contribution in [0.3, 0.4) is 0 Å². The second kappa shape index (κ2) is 5.93. The first kappa shape index (κ1) is 14.8. The molecule has 3 aromatic rings. The summed E-state index contributed by atoms with van der Waals surface area (Å²) in [6.07, 6.45) is 0. The summed E-state index contributed by atoms with van der Waals surface area (Å²) in [5, 5.41) is 6.05. The topological polar surface area (TPSA) is 50.9 Å². The van der Waals surface area contributed by atoms with Gasteiger partial charge in [-0.05, 0) is 30.9 Å². The fraction of sp³-hybridized carbons (Fsp3) is 0.267. The summed E-state index contributed by atoms with van der Waals surface area (Å²) in [6, 6.07) is 6.07. The van der Waals surface area contributed by atoms with Gasteiger partial charge in [0, 0.05) is 28.4 Å². The zero-order valence-corrected chi connectivity index (χ0v) is 14.2. The van der Waals surface area contributed by atoms with E-state index in [0.29, 0.717) is 5.15 Å². The predicted molar refractivity (Wildman–Crippen MR) is 93.6 cm³/mol. The van der Waals surface area contributed by atoms with Gasteiger partial charge in [-0.1, -0.05) is 17.7 Å². The monoisotopic (exact) mass is 337 g/mol. The number of rotatable bonds is 4. The van der Waals surface area contributed by atoms with Crippen LogP contribution in [0.25, 0.3) is 10.2 Å². The van der Waals surface area contributed by atoms with Crippen molar-refractivity contribution in [3.8, 4) is 0 Å². The van der Waals surface area contributed by atoms with E-state index < -0.39 is 0 Å². The molecule has 1 atom stereocenters. The minimum atomic E-state index is 0.00752. The molecule has 110 valence electrons. The molecule has 0 aliphatic carbocycles. The van der Waals surface area contributed by atoms with Crippen molar-refractivity contribution in [1.29, 1.82) is 0 Å². The lowest BCUT2D eigenvalue weighted by molar-refractivity contribution is 0.832. The highest BCUT2D eigenvalue weighted by molar-refractivity contribution is 7.20. The van der Waals surface area contributed by atoms with Gasteiger partial charge in [0.15, 0.2) is 0 Å². The fourth-order valence-electron chi connectivity index (χ4n) is 2.32. The molecular formula is C15H16ClN3S2. The van der Waals surface area contributed by atoms with Gasteiger partial charge in [0.25, 0.3) is 0 Å². The van der Waals surface area contributed by atoms with Crippen LogP contribution in [0, 0.1) is 6.92 Å². The van der Waals surface area contributed by atoms with Crippen LogP contribution in [0.4, 0.5) is 5.69 Å². The first-order valence-corrected chi connectivity index (χ1v) is 8.75. The molecule has 0 saturated carbocycles. The van der Waals surface area contributed by atoms with E-state index in [-0.39, 0.29) is 6.04 Å². The molecule has 0 radical (unpaired) electrons. The number of fused-ring (bicyclic) bond motifs is 1. The van der Waals surface area contributed by atoms with E-state index in [9.17, 15) is 0 Å². The summed E-state index contributed by atoms with van der Waals surface area (Å²) in [4.78, 5) is 6.92. The summed E-state index contributed by atoms with van der Waals surface area (Å²) in [7, 11) is 0. The van der Waals surface area contributed by atoms with Crippen molar-refractivity contribution in [3.63, 3.8) is 0 Å². The Balaban J connectivity index is 2.02. The van der Waals surface area contributed by atoms with E-state index in [1.54, 1.807) is 22.7 Å². The predicted octanol–water partition coefficient (Wildman–Crippen LogP) is 4.95. The number of aromatic nitrogens is 1. The van der Waals surface area contributed by atoms with Crippen molar-refractivity contribution in [2.45, 2.75) is 26.4 Å². The number of nitrogens with two attached hydrogens (primary N) is 1. The highest BCUT2D eigenvalue weighted by Gasteiger charge is 2.16. The van der Waals surface area contributed by atoms with Gasteiger partial charge in [0.05, 0.1) is 15.9 Å². The Bertz CT molecular complexity index is 763. The molecule has 0 bridgehead atoms. The quantitative estimate of drug-likeness (QED) is 0.662. The smallest absolute Gasteiger partial charge is 0.131 e. The number of hydrogen-bond acceptors (Lipinski definition) is 5. The third-order valence-corrected chi connectivity index (χ3v) is 5.91. The minimum Gasteiger partial charge on any atom is -0.379 e. The molecule has 0 spiro atoms. The van der Waals surface area contributed by atoms with E-state index in [2.05, 4.69) is 34.7 Å². The van der Waals surface area contributed by atoms with Crippen molar-refractivity contribution in [2.24, 2.45) is 5.73 Å². The largest absolute Gasteiger partial charge is 0.379 e. The Morgan fingerprint density at radius 2 is 2.29 bits per heavy atom. The molecule has 0 saturated heterocycles. The highest BCUT2D eigenvalue weighted by atomic mass is 35.5. The minimum absolute atomic E-state index is 0.00752. The molecule has 0 unspecified atom stereocenters. The Morgan fingerprint density at radius 1 is 1.48 bits per heavy atom. The van der Waals surface area contributed by atoms with E-state index in [1.807, 2.05) is 13.0 Å². The molecule has 3 rings (SSSR count). The molecule has 3 N–H and O–H groups in total. The Hall–Kier alpha value is -1.14. The molecule has 0 fully saturated rings. The average Bonchev–Trinajstić information content (AvgIpc) is 3.05. The normalized spacial score (nSPS) is 12.8. The summed E-state index contributed by atoms with van der Waals surface area (Å²) in [5.41, 5.74) is 9.16.